The monoisotopic (exact) mass is 226 g/mol. The molecule has 0 spiro atoms. The van der Waals surface area contributed by atoms with E-state index in [9.17, 15) is 8.42 Å². The molecule has 1 aromatic rings. The first-order valence-corrected chi connectivity index (χ1v) is 6.29. The molecule has 0 radical (unpaired) electrons. The second-order valence-electron chi connectivity index (χ2n) is 3.58. The van der Waals surface area contributed by atoms with E-state index >= 15 is 0 Å². The Morgan fingerprint density at radius 1 is 1.67 bits per heavy atom. The van der Waals surface area contributed by atoms with Gasteiger partial charge in [-0.1, -0.05) is 0 Å². The van der Waals surface area contributed by atoms with Gasteiger partial charge in [0.05, 0.1) is 17.5 Å². The Morgan fingerprint density at radius 3 is 2.87 bits per heavy atom. The van der Waals surface area contributed by atoms with E-state index in [1.54, 1.807) is 0 Å². The van der Waals surface area contributed by atoms with Crippen molar-refractivity contribution < 1.29 is 8.42 Å². The summed E-state index contributed by atoms with van der Waals surface area (Å²) < 4.78 is 24.0. The molecule has 2 heterocycles. The Hall–Kier alpha value is -1.55. The summed E-state index contributed by atoms with van der Waals surface area (Å²) >= 11 is 0. The van der Waals surface area contributed by atoms with E-state index < -0.39 is 9.84 Å². The highest BCUT2D eigenvalue weighted by atomic mass is 32.2. The van der Waals surface area contributed by atoms with Gasteiger partial charge in [0.1, 0.15) is 11.6 Å². The molecular formula is C8H10N4O2S. The molecule has 2 rings (SSSR count). The molecule has 0 aromatic carbocycles. The van der Waals surface area contributed by atoms with E-state index in [1.165, 1.54) is 10.9 Å². The largest absolute Gasteiger partial charge is 0.381 e. The number of nitrogens with two attached hydrogens (primary N) is 1. The molecule has 1 fully saturated rings. The van der Waals surface area contributed by atoms with E-state index in [2.05, 4.69) is 5.10 Å². The van der Waals surface area contributed by atoms with Gasteiger partial charge in [0.25, 0.3) is 0 Å². The van der Waals surface area contributed by atoms with Crippen LogP contribution in [0.1, 0.15) is 18.0 Å². The number of nitrogen functional groups attached to an aromatic ring is 1. The van der Waals surface area contributed by atoms with Gasteiger partial charge in [0.15, 0.2) is 15.7 Å². The highest BCUT2D eigenvalue weighted by Crippen LogP contribution is 2.24. The molecule has 1 aromatic heterocycles. The number of aromatic nitrogens is 2. The van der Waals surface area contributed by atoms with Gasteiger partial charge in [0, 0.05) is 6.20 Å². The van der Waals surface area contributed by atoms with Crippen LogP contribution in [0.2, 0.25) is 0 Å². The molecule has 1 unspecified atom stereocenters. The summed E-state index contributed by atoms with van der Waals surface area (Å²) in [5.41, 5.74) is 5.77. The van der Waals surface area contributed by atoms with Gasteiger partial charge >= 0.3 is 0 Å². The first kappa shape index (κ1) is 9.98. The number of nitrogens with zero attached hydrogens (tertiary/aromatic N) is 3. The van der Waals surface area contributed by atoms with Crippen LogP contribution in [0.3, 0.4) is 0 Å². The molecule has 1 aliphatic rings. The fourth-order valence-corrected chi connectivity index (χ4v) is 3.37. The lowest BCUT2D eigenvalue weighted by Gasteiger charge is -2.06. The van der Waals surface area contributed by atoms with Gasteiger partial charge in [-0.15, -0.1) is 0 Å². The van der Waals surface area contributed by atoms with Gasteiger partial charge in [-0.05, 0) is 6.42 Å². The van der Waals surface area contributed by atoms with Crippen LogP contribution in [0.5, 0.6) is 0 Å². The number of nitriles is 1. The zero-order chi connectivity index (χ0) is 11.1. The minimum atomic E-state index is -2.94. The maximum atomic E-state index is 11.2. The zero-order valence-corrected chi connectivity index (χ0v) is 8.74. The highest BCUT2D eigenvalue weighted by Gasteiger charge is 2.30. The minimum Gasteiger partial charge on any atom is -0.381 e. The van der Waals surface area contributed by atoms with E-state index in [0.717, 1.165) is 0 Å². The minimum absolute atomic E-state index is 0.0823. The fourth-order valence-electron chi connectivity index (χ4n) is 1.66. The first-order valence-electron chi connectivity index (χ1n) is 4.47. The van der Waals surface area contributed by atoms with Crippen molar-refractivity contribution in [1.82, 2.24) is 9.78 Å². The third-order valence-electron chi connectivity index (χ3n) is 2.46. The SMILES string of the molecule is N#Cc1cn(C2CCS(=O)(=O)C2)nc1N. The predicted octanol–water partition coefficient (Wildman–Crippen LogP) is -0.303. The van der Waals surface area contributed by atoms with Crippen LogP contribution in [0.15, 0.2) is 6.20 Å². The summed E-state index contributed by atoms with van der Waals surface area (Å²) in [6.07, 6.45) is 2.04. The Morgan fingerprint density at radius 2 is 2.40 bits per heavy atom. The molecule has 0 amide bonds. The molecular weight excluding hydrogens is 216 g/mol. The molecule has 2 N–H and O–H groups in total. The van der Waals surface area contributed by atoms with Crippen LogP contribution < -0.4 is 5.73 Å². The summed E-state index contributed by atoms with van der Waals surface area (Å²) in [6, 6.07) is 1.72. The Kier molecular flexibility index (Phi) is 2.16. The van der Waals surface area contributed by atoms with Crippen LogP contribution >= 0.6 is 0 Å². The molecule has 0 saturated carbocycles. The van der Waals surface area contributed by atoms with Crippen molar-refractivity contribution in [1.29, 1.82) is 5.26 Å². The van der Waals surface area contributed by atoms with Crippen LogP contribution in [-0.2, 0) is 9.84 Å². The topological polar surface area (TPSA) is 102 Å². The number of anilines is 1. The summed E-state index contributed by atoms with van der Waals surface area (Å²) in [5.74, 6) is 0.417. The highest BCUT2D eigenvalue weighted by molar-refractivity contribution is 7.91. The fraction of sp³-hybridized carbons (Fsp3) is 0.500. The second kappa shape index (κ2) is 3.24. The number of hydrogen-bond donors (Lipinski definition) is 1. The van der Waals surface area contributed by atoms with Crippen LogP contribution in [0.4, 0.5) is 5.82 Å². The van der Waals surface area contributed by atoms with Gasteiger partial charge in [-0.3, -0.25) is 4.68 Å². The smallest absolute Gasteiger partial charge is 0.163 e. The Balaban J connectivity index is 2.29. The van der Waals surface area contributed by atoms with Crippen molar-refractivity contribution in [3.63, 3.8) is 0 Å². The summed E-state index contributed by atoms with van der Waals surface area (Å²) in [6.45, 7) is 0. The Labute approximate surface area is 87.2 Å². The zero-order valence-electron chi connectivity index (χ0n) is 7.92. The average molecular weight is 226 g/mol. The molecule has 1 saturated heterocycles. The van der Waals surface area contributed by atoms with Gasteiger partial charge < -0.3 is 5.73 Å². The Bertz CT molecular complexity index is 525. The predicted molar refractivity (Wildman–Crippen MR) is 53.7 cm³/mol. The maximum Gasteiger partial charge on any atom is 0.163 e. The molecule has 1 aliphatic heterocycles. The average Bonchev–Trinajstić information content (AvgIpc) is 2.69. The first-order chi connectivity index (χ1) is 7.02. The number of rotatable bonds is 1. The quantitative estimate of drug-likeness (QED) is 0.708. The summed E-state index contributed by atoms with van der Waals surface area (Å²) in [7, 11) is -2.94. The maximum absolute atomic E-state index is 11.2. The van der Waals surface area contributed by atoms with E-state index in [1.807, 2.05) is 6.07 Å². The van der Waals surface area contributed by atoms with Gasteiger partial charge in [0.2, 0.25) is 0 Å². The molecule has 15 heavy (non-hydrogen) atoms. The number of sulfone groups is 1. The van der Waals surface area contributed by atoms with E-state index in [4.69, 9.17) is 11.0 Å². The summed E-state index contributed by atoms with van der Waals surface area (Å²) in [5, 5.41) is 12.6. The van der Waals surface area contributed by atoms with Crippen molar-refractivity contribution in [3.8, 4) is 6.07 Å². The lowest BCUT2D eigenvalue weighted by molar-refractivity contribution is 0.501. The van der Waals surface area contributed by atoms with E-state index in [-0.39, 0.29) is 23.4 Å². The van der Waals surface area contributed by atoms with Crippen LogP contribution in [-0.4, -0.2) is 29.7 Å². The molecule has 80 valence electrons. The van der Waals surface area contributed by atoms with Crippen molar-refractivity contribution >= 4 is 15.7 Å². The van der Waals surface area contributed by atoms with Gasteiger partial charge in [-0.2, -0.15) is 10.4 Å². The molecule has 1 atom stereocenters. The van der Waals surface area contributed by atoms with E-state index in [0.29, 0.717) is 12.0 Å². The normalized spacial score (nSPS) is 23.8. The molecule has 0 aliphatic carbocycles. The standard InChI is InChI=1S/C8H10N4O2S/c9-3-6-4-12(11-8(6)10)7-1-2-15(13,14)5-7/h4,7H,1-2,5H2,(H2,10,11). The van der Waals surface area contributed by atoms with Crippen molar-refractivity contribution in [2.75, 3.05) is 17.2 Å². The van der Waals surface area contributed by atoms with Crippen molar-refractivity contribution in [2.45, 2.75) is 12.5 Å². The van der Waals surface area contributed by atoms with Crippen molar-refractivity contribution in [3.05, 3.63) is 11.8 Å². The van der Waals surface area contributed by atoms with Gasteiger partial charge in [-0.25, -0.2) is 8.42 Å². The number of hydrogen-bond acceptors (Lipinski definition) is 5. The molecule has 0 bridgehead atoms. The lowest BCUT2D eigenvalue weighted by Crippen LogP contribution is -2.11. The molecule has 6 nitrogen and oxygen atoms in total. The van der Waals surface area contributed by atoms with Crippen molar-refractivity contribution in [2.24, 2.45) is 0 Å². The molecule has 7 heteroatoms. The third-order valence-corrected chi connectivity index (χ3v) is 4.21. The third kappa shape index (κ3) is 1.80. The second-order valence-corrected chi connectivity index (χ2v) is 5.81. The summed E-state index contributed by atoms with van der Waals surface area (Å²) in [4.78, 5) is 0. The lowest BCUT2D eigenvalue weighted by atomic mass is 10.3. The van der Waals surface area contributed by atoms with Crippen LogP contribution in [0, 0.1) is 11.3 Å². The van der Waals surface area contributed by atoms with Crippen LogP contribution in [0.25, 0.3) is 0 Å².